The summed E-state index contributed by atoms with van der Waals surface area (Å²) in [6, 6.07) is 7.46. The Hall–Kier alpha value is -3.33. The Morgan fingerprint density at radius 1 is 1.00 bits per heavy atom. The topological polar surface area (TPSA) is 105 Å². The van der Waals surface area contributed by atoms with E-state index in [0.717, 1.165) is 43.7 Å². The van der Waals surface area contributed by atoms with Gasteiger partial charge in [0.2, 0.25) is 11.8 Å². The lowest BCUT2D eigenvalue weighted by Gasteiger charge is -2.48. The molecule has 182 valence electrons. The predicted octanol–water partition coefficient (Wildman–Crippen LogP) is 2.03. The Morgan fingerprint density at radius 3 is 2.66 bits per heavy atom. The zero-order valence-corrected chi connectivity index (χ0v) is 19.6. The highest BCUT2D eigenvalue weighted by Gasteiger charge is 2.41. The maximum atomic E-state index is 13.0. The monoisotopic (exact) mass is 475 g/mol. The molecule has 0 bridgehead atoms. The number of imide groups is 1. The van der Waals surface area contributed by atoms with Crippen LogP contribution in [-0.2, 0) is 16.1 Å². The van der Waals surface area contributed by atoms with Gasteiger partial charge in [-0.3, -0.25) is 24.6 Å². The van der Waals surface area contributed by atoms with Gasteiger partial charge in [-0.2, -0.15) is 10.2 Å². The van der Waals surface area contributed by atoms with E-state index in [9.17, 15) is 14.4 Å². The van der Waals surface area contributed by atoms with Gasteiger partial charge in [0.05, 0.1) is 6.20 Å². The van der Waals surface area contributed by atoms with Gasteiger partial charge in [0.1, 0.15) is 17.9 Å². The fraction of sp³-hybridized carbons (Fsp3) is 0.500. The number of hydrogen-bond acceptors (Lipinski definition) is 7. The average Bonchev–Trinajstić information content (AvgIpc) is 3.15. The lowest BCUT2D eigenvalue weighted by Crippen LogP contribution is -2.57. The van der Waals surface area contributed by atoms with Crippen molar-refractivity contribution < 1.29 is 19.1 Å². The molecule has 1 saturated carbocycles. The molecule has 2 saturated heterocycles. The molecule has 1 N–H and O–H groups in total. The lowest BCUT2D eigenvalue weighted by atomic mass is 9.85. The lowest BCUT2D eigenvalue weighted by molar-refractivity contribution is -0.136. The molecule has 4 aliphatic rings. The van der Waals surface area contributed by atoms with E-state index in [2.05, 4.69) is 20.4 Å². The van der Waals surface area contributed by atoms with Gasteiger partial charge in [-0.1, -0.05) is 6.42 Å². The number of hydrogen-bond donors (Lipinski definition) is 1. The van der Waals surface area contributed by atoms with Crippen LogP contribution in [0.2, 0.25) is 0 Å². The molecule has 0 spiro atoms. The Kier molecular flexibility index (Phi) is 5.72. The van der Waals surface area contributed by atoms with Gasteiger partial charge >= 0.3 is 0 Å². The van der Waals surface area contributed by atoms with Crippen molar-refractivity contribution in [2.24, 2.45) is 0 Å². The fourth-order valence-corrected chi connectivity index (χ4v) is 5.97. The molecule has 3 aliphatic heterocycles. The van der Waals surface area contributed by atoms with Crippen molar-refractivity contribution in [3.05, 3.63) is 53.3 Å². The molecule has 3 atom stereocenters. The van der Waals surface area contributed by atoms with E-state index in [-0.39, 0.29) is 30.2 Å². The summed E-state index contributed by atoms with van der Waals surface area (Å²) >= 11 is 0. The molecular formula is C26H29N5O4. The fourth-order valence-electron chi connectivity index (χ4n) is 5.97. The summed E-state index contributed by atoms with van der Waals surface area (Å²) in [6.45, 7) is 2.38. The number of fused-ring (bicyclic) bond motifs is 1. The van der Waals surface area contributed by atoms with Crippen LogP contribution < -0.4 is 10.1 Å². The number of benzene rings is 1. The third-order valence-corrected chi connectivity index (χ3v) is 7.91. The summed E-state index contributed by atoms with van der Waals surface area (Å²) in [7, 11) is 0. The van der Waals surface area contributed by atoms with Gasteiger partial charge in [0.25, 0.3) is 5.91 Å². The third kappa shape index (κ3) is 4.18. The van der Waals surface area contributed by atoms with Crippen LogP contribution in [0.5, 0.6) is 5.75 Å². The largest absolute Gasteiger partial charge is 0.489 e. The van der Waals surface area contributed by atoms with Gasteiger partial charge in [-0.05, 0) is 61.1 Å². The predicted molar refractivity (Wildman–Crippen MR) is 126 cm³/mol. The quantitative estimate of drug-likeness (QED) is 0.660. The number of rotatable bonds is 5. The Morgan fingerprint density at radius 2 is 1.86 bits per heavy atom. The maximum absolute atomic E-state index is 13.0. The van der Waals surface area contributed by atoms with Crippen LogP contribution in [0.15, 0.2) is 36.7 Å². The molecular weight excluding hydrogens is 446 g/mol. The minimum atomic E-state index is -0.602. The maximum Gasteiger partial charge on any atom is 0.255 e. The molecule has 6 rings (SSSR count). The molecule has 3 amide bonds. The van der Waals surface area contributed by atoms with Crippen LogP contribution in [0.3, 0.4) is 0 Å². The minimum Gasteiger partial charge on any atom is -0.489 e. The Labute approximate surface area is 203 Å². The molecule has 1 aromatic carbocycles. The van der Waals surface area contributed by atoms with Crippen molar-refractivity contribution in [3.8, 4) is 5.75 Å². The van der Waals surface area contributed by atoms with Crippen molar-refractivity contribution in [3.63, 3.8) is 0 Å². The number of carbonyl (C=O) groups excluding carboxylic acids is 3. The molecule has 1 aromatic heterocycles. The summed E-state index contributed by atoms with van der Waals surface area (Å²) in [5, 5.41) is 10.2. The summed E-state index contributed by atoms with van der Waals surface area (Å²) in [6.07, 6.45) is 8.85. The van der Waals surface area contributed by atoms with Crippen molar-refractivity contribution in [2.45, 2.75) is 69.2 Å². The summed E-state index contributed by atoms with van der Waals surface area (Å²) < 4.78 is 6.52. The standard InChI is InChI=1S/C26H29N5O4/c32-24-8-7-22(25(33)29-24)31-15-17-11-19(5-6-20(17)26(31)34)35-23-4-2-1-3-21(23)30-13-18(14-30)16-9-10-27-28-12-16/h5-6,9-12,18,21-23H,1-4,7-8,13-15H2,(H,29,32,33). The van der Waals surface area contributed by atoms with E-state index >= 15 is 0 Å². The number of carbonyl (C=O) groups is 3. The van der Waals surface area contributed by atoms with Gasteiger partial charge in [0, 0.05) is 49.8 Å². The van der Waals surface area contributed by atoms with Crippen molar-refractivity contribution in [2.75, 3.05) is 13.1 Å². The number of nitrogens with one attached hydrogen (secondary N) is 1. The minimum absolute atomic E-state index is 0.113. The average molecular weight is 476 g/mol. The number of ether oxygens (including phenoxy) is 1. The molecule has 4 heterocycles. The summed E-state index contributed by atoms with van der Waals surface area (Å²) in [4.78, 5) is 40.9. The number of nitrogens with zero attached hydrogens (tertiary/aromatic N) is 4. The number of likely N-dealkylation sites (tertiary alicyclic amines) is 1. The molecule has 9 nitrogen and oxygen atoms in total. The molecule has 1 aliphatic carbocycles. The zero-order valence-electron chi connectivity index (χ0n) is 19.6. The molecule has 2 aromatic rings. The van der Waals surface area contributed by atoms with E-state index in [1.165, 1.54) is 12.0 Å². The second kappa shape index (κ2) is 9.03. The summed E-state index contributed by atoms with van der Waals surface area (Å²) in [5.74, 6) is 0.443. The zero-order chi connectivity index (χ0) is 23.9. The molecule has 0 radical (unpaired) electrons. The van der Waals surface area contributed by atoms with Crippen LogP contribution in [0.4, 0.5) is 0 Å². The second-order valence-corrected chi connectivity index (χ2v) is 10.1. The number of amides is 3. The van der Waals surface area contributed by atoms with Crippen molar-refractivity contribution in [1.82, 2.24) is 25.3 Å². The summed E-state index contributed by atoms with van der Waals surface area (Å²) in [5.41, 5.74) is 2.73. The van der Waals surface area contributed by atoms with Crippen LogP contribution in [0.25, 0.3) is 0 Å². The number of aromatic nitrogens is 2. The molecule has 9 heteroatoms. The first-order valence-corrected chi connectivity index (χ1v) is 12.5. The number of piperidine rings is 1. The SMILES string of the molecule is O=C1CCC(N2Cc3cc(OC4CCCCC4N4CC(c5ccnnc5)C4)ccc3C2=O)C(=O)N1. The molecule has 3 unspecified atom stereocenters. The first-order valence-electron chi connectivity index (χ1n) is 12.5. The molecule has 3 fully saturated rings. The Bertz CT molecular complexity index is 1150. The Balaban J connectivity index is 1.12. The van der Waals surface area contributed by atoms with Crippen LogP contribution >= 0.6 is 0 Å². The van der Waals surface area contributed by atoms with Crippen molar-refractivity contribution >= 4 is 17.7 Å². The highest BCUT2D eigenvalue weighted by Crippen LogP contribution is 2.36. The second-order valence-electron chi connectivity index (χ2n) is 10.1. The van der Waals surface area contributed by atoms with E-state index in [1.807, 2.05) is 30.5 Å². The first-order chi connectivity index (χ1) is 17.1. The van der Waals surface area contributed by atoms with Crippen molar-refractivity contribution in [1.29, 1.82) is 0 Å². The normalized spacial score (nSPS) is 27.4. The van der Waals surface area contributed by atoms with Crippen LogP contribution in [0, 0.1) is 0 Å². The van der Waals surface area contributed by atoms with Crippen LogP contribution in [-0.4, -0.2) is 69.0 Å². The van der Waals surface area contributed by atoms with Gasteiger partial charge < -0.3 is 9.64 Å². The smallest absolute Gasteiger partial charge is 0.255 e. The highest BCUT2D eigenvalue weighted by molar-refractivity contribution is 6.05. The van der Waals surface area contributed by atoms with E-state index in [0.29, 0.717) is 30.5 Å². The van der Waals surface area contributed by atoms with Gasteiger partial charge in [-0.25, -0.2) is 0 Å². The van der Waals surface area contributed by atoms with E-state index < -0.39 is 6.04 Å². The van der Waals surface area contributed by atoms with Gasteiger partial charge in [-0.15, -0.1) is 0 Å². The third-order valence-electron chi connectivity index (χ3n) is 7.91. The van der Waals surface area contributed by atoms with E-state index in [4.69, 9.17) is 4.74 Å². The van der Waals surface area contributed by atoms with Gasteiger partial charge in [0.15, 0.2) is 0 Å². The first kappa shape index (κ1) is 22.2. The van der Waals surface area contributed by atoms with E-state index in [1.54, 1.807) is 11.1 Å². The molecule has 35 heavy (non-hydrogen) atoms. The highest BCUT2D eigenvalue weighted by atomic mass is 16.5. The van der Waals surface area contributed by atoms with Crippen LogP contribution in [0.1, 0.15) is 65.9 Å².